The lowest BCUT2D eigenvalue weighted by molar-refractivity contribution is 0.756. The van der Waals surface area contributed by atoms with Crippen molar-refractivity contribution < 1.29 is 0 Å². The van der Waals surface area contributed by atoms with Gasteiger partial charge in [0.05, 0.1) is 22.1 Å². The third-order valence-electron chi connectivity index (χ3n) is 3.15. The molecule has 0 aliphatic rings. The number of aryl methyl sites for hydroxylation is 2. The van der Waals surface area contributed by atoms with Gasteiger partial charge in [-0.2, -0.15) is 5.10 Å². The van der Waals surface area contributed by atoms with Gasteiger partial charge in [-0.15, -0.1) is 5.10 Å². The molecule has 0 aliphatic carbocycles. The summed E-state index contributed by atoms with van der Waals surface area (Å²) < 4.78 is 3.38. The number of hydrogen-bond acceptors (Lipinski definition) is 5. The lowest BCUT2D eigenvalue weighted by atomic mass is 10.2. The van der Waals surface area contributed by atoms with E-state index in [0.29, 0.717) is 11.6 Å². The Balaban J connectivity index is 1.82. The maximum atomic E-state index is 6.22. The van der Waals surface area contributed by atoms with Crippen LogP contribution in [0.2, 0.25) is 5.02 Å². The molecule has 7 nitrogen and oxygen atoms in total. The van der Waals surface area contributed by atoms with Crippen molar-refractivity contribution in [2.75, 3.05) is 5.32 Å². The number of rotatable bonds is 4. The fraction of sp³-hybridized carbons (Fsp3) is 0.231. The first-order valence-corrected chi connectivity index (χ1v) is 6.77. The summed E-state index contributed by atoms with van der Waals surface area (Å²) in [6.45, 7) is 2.63. The van der Waals surface area contributed by atoms with Gasteiger partial charge in [0, 0.05) is 25.4 Å². The van der Waals surface area contributed by atoms with Crippen molar-refractivity contribution in [2.24, 2.45) is 7.05 Å². The smallest absolute Gasteiger partial charge is 0.143 e. The summed E-state index contributed by atoms with van der Waals surface area (Å²) in [5.74, 6) is 0. The Hall–Kier alpha value is -2.41. The fourth-order valence-electron chi connectivity index (χ4n) is 2.08. The van der Waals surface area contributed by atoms with Crippen molar-refractivity contribution in [1.82, 2.24) is 30.0 Å². The Morgan fingerprint density at radius 2 is 2.19 bits per heavy atom. The van der Waals surface area contributed by atoms with Gasteiger partial charge < -0.3 is 5.32 Å². The Bertz CT molecular complexity index is 748. The minimum atomic E-state index is 0.647. The van der Waals surface area contributed by atoms with E-state index >= 15 is 0 Å². The van der Waals surface area contributed by atoms with Gasteiger partial charge in [0.15, 0.2) is 0 Å². The minimum Gasteiger partial charge on any atom is -0.380 e. The molecular weight excluding hydrogens is 290 g/mol. The van der Waals surface area contributed by atoms with Crippen LogP contribution in [0.15, 0.2) is 30.7 Å². The highest BCUT2D eigenvalue weighted by Gasteiger charge is 2.07. The minimum absolute atomic E-state index is 0.647. The quantitative estimate of drug-likeness (QED) is 0.797. The number of aromatic nitrogens is 6. The van der Waals surface area contributed by atoms with E-state index in [4.69, 9.17) is 11.6 Å². The first-order valence-electron chi connectivity index (χ1n) is 6.39. The molecule has 0 spiro atoms. The fourth-order valence-corrected chi connectivity index (χ4v) is 2.27. The molecule has 21 heavy (non-hydrogen) atoms. The van der Waals surface area contributed by atoms with Gasteiger partial charge >= 0.3 is 0 Å². The van der Waals surface area contributed by atoms with E-state index in [9.17, 15) is 0 Å². The second kappa shape index (κ2) is 5.53. The van der Waals surface area contributed by atoms with E-state index in [2.05, 4.69) is 25.9 Å². The van der Waals surface area contributed by atoms with Crippen molar-refractivity contribution in [2.45, 2.75) is 13.5 Å². The lowest BCUT2D eigenvalue weighted by Gasteiger charge is -2.09. The molecule has 2 aromatic heterocycles. The average Bonchev–Trinajstić information content (AvgIpc) is 3.08. The number of anilines is 1. The standard InChI is InChI=1S/C13H14ClN7/c1-9-10(7-20(2)17-9)6-15-13-5-11(3-4-12(13)14)21-8-16-18-19-21/h3-5,7-8,15H,6H2,1-2H3. The van der Waals surface area contributed by atoms with Gasteiger partial charge in [-0.1, -0.05) is 11.6 Å². The summed E-state index contributed by atoms with van der Waals surface area (Å²) in [4.78, 5) is 0. The Morgan fingerprint density at radius 1 is 1.33 bits per heavy atom. The first kappa shape index (κ1) is 13.6. The van der Waals surface area contributed by atoms with Crippen LogP contribution in [0.25, 0.3) is 5.69 Å². The second-order valence-corrected chi connectivity index (χ2v) is 5.09. The SMILES string of the molecule is Cc1nn(C)cc1CNc1cc(-n2cnnn2)ccc1Cl. The van der Waals surface area contributed by atoms with Crippen molar-refractivity contribution in [3.05, 3.63) is 47.0 Å². The van der Waals surface area contributed by atoms with Gasteiger partial charge in [0.2, 0.25) is 0 Å². The van der Waals surface area contributed by atoms with Crippen LogP contribution < -0.4 is 5.32 Å². The predicted octanol–water partition coefficient (Wildman–Crippen LogP) is 1.97. The molecule has 0 aliphatic heterocycles. The van der Waals surface area contributed by atoms with Crippen molar-refractivity contribution in [3.63, 3.8) is 0 Å². The van der Waals surface area contributed by atoms with Crippen LogP contribution in [0.3, 0.4) is 0 Å². The summed E-state index contributed by atoms with van der Waals surface area (Å²) in [5.41, 5.74) is 3.79. The van der Waals surface area contributed by atoms with Gasteiger partial charge in [-0.25, -0.2) is 4.68 Å². The Morgan fingerprint density at radius 3 is 2.86 bits per heavy atom. The van der Waals surface area contributed by atoms with Crippen LogP contribution in [0.1, 0.15) is 11.3 Å². The number of nitrogens with one attached hydrogen (secondary N) is 1. The molecule has 3 rings (SSSR count). The zero-order chi connectivity index (χ0) is 14.8. The van der Waals surface area contributed by atoms with Gasteiger partial charge in [-0.05, 0) is 35.5 Å². The summed E-state index contributed by atoms with van der Waals surface area (Å²) in [5, 5.41) is 19.4. The van der Waals surface area contributed by atoms with E-state index < -0.39 is 0 Å². The van der Waals surface area contributed by atoms with E-state index in [1.807, 2.05) is 38.4 Å². The number of halogens is 1. The maximum absolute atomic E-state index is 6.22. The zero-order valence-corrected chi connectivity index (χ0v) is 12.4. The Kier molecular flexibility index (Phi) is 3.57. The second-order valence-electron chi connectivity index (χ2n) is 4.69. The monoisotopic (exact) mass is 303 g/mol. The van der Waals surface area contributed by atoms with Crippen LogP contribution in [0.5, 0.6) is 0 Å². The third kappa shape index (κ3) is 2.87. The molecule has 0 fully saturated rings. The molecule has 2 heterocycles. The predicted molar refractivity (Wildman–Crippen MR) is 79.4 cm³/mol. The molecule has 1 aromatic carbocycles. The average molecular weight is 304 g/mol. The normalized spacial score (nSPS) is 10.8. The molecule has 108 valence electrons. The van der Waals surface area contributed by atoms with Crippen LogP contribution in [0, 0.1) is 6.92 Å². The zero-order valence-electron chi connectivity index (χ0n) is 11.7. The molecule has 0 saturated carbocycles. The summed E-state index contributed by atoms with van der Waals surface area (Å²) in [6, 6.07) is 5.58. The number of tetrazole rings is 1. The summed E-state index contributed by atoms with van der Waals surface area (Å²) >= 11 is 6.22. The molecule has 0 bridgehead atoms. The maximum Gasteiger partial charge on any atom is 0.143 e. The van der Waals surface area contributed by atoms with Gasteiger partial charge in [-0.3, -0.25) is 4.68 Å². The van der Waals surface area contributed by atoms with Crippen molar-refractivity contribution >= 4 is 17.3 Å². The highest BCUT2D eigenvalue weighted by atomic mass is 35.5. The number of hydrogen-bond donors (Lipinski definition) is 1. The Labute approximate surface area is 126 Å². The van der Waals surface area contributed by atoms with Crippen LogP contribution in [0.4, 0.5) is 5.69 Å². The van der Waals surface area contributed by atoms with Crippen molar-refractivity contribution in [3.8, 4) is 5.69 Å². The van der Waals surface area contributed by atoms with Crippen LogP contribution >= 0.6 is 11.6 Å². The molecule has 8 heteroatoms. The molecule has 0 amide bonds. The largest absolute Gasteiger partial charge is 0.380 e. The van der Waals surface area contributed by atoms with Crippen LogP contribution in [-0.2, 0) is 13.6 Å². The number of benzene rings is 1. The van der Waals surface area contributed by atoms with Gasteiger partial charge in [0.1, 0.15) is 6.33 Å². The third-order valence-corrected chi connectivity index (χ3v) is 3.48. The van der Waals surface area contributed by atoms with Crippen LogP contribution in [-0.4, -0.2) is 30.0 Å². The molecule has 0 unspecified atom stereocenters. The molecule has 0 saturated heterocycles. The number of nitrogens with zero attached hydrogens (tertiary/aromatic N) is 6. The molecule has 0 radical (unpaired) electrons. The van der Waals surface area contributed by atoms with Crippen molar-refractivity contribution in [1.29, 1.82) is 0 Å². The van der Waals surface area contributed by atoms with E-state index in [-0.39, 0.29) is 0 Å². The summed E-state index contributed by atoms with van der Waals surface area (Å²) in [6.07, 6.45) is 3.53. The van der Waals surface area contributed by atoms with Gasteiger partial charge in [0.25, 0.3) is 0 Å². The highest BCUT2D eigenvalue weighted by Crippen LogP contribution is 2.25. The van der Waals surface area contributed by atoms with E-state index in [1.165, 1.54) is 6.33 Å². The first-order chi connectivity index (χ1) is 10.1. The molecule has 0 atom stereocenters. The molecule has 3 aromatic rings. The topological polar surface area (TPSA) is 73.5 Å². The highest BCUT2D eigenvalue weighted by molar-refractivity contribution is 6.33. The molecule has 1 N–H and O–H groups in total. The van der Waals surface area contributed by atoms with E-state index in [1.54, 1.807) is 9.36 Å². The molecular formula is C13H14ClN7. The lowest BCUT2D eigenvalue weighted by Crippen LogP contribution is -2.02. The summed E-state index contributed by atoms with van der Waals surface area (Å²) in [7, 11) is 1.90. The van der Waals surface area contributed by atoms with E-state index in [0.717, 1.165) is 22.6 Å².